The fourth-order valence-corrected chi connectivity index (χ4v) is 2.35. The number of hydrogen-bond acceptors (Lipinski definition) is 1. The van der Waals surface area contributed by atoms with Gasteiger partial charge < -0.3 is 0 Å². The van der Waals surface area contributed by atoms with Crippen LogP contribution in [-0.2, 0) is 0 Å². The van der Waals surface area contributed by atoms with Crippen molar-refractivity contribution in [1.29, 1.82) is 5.26 Å². The molecule has 0 saturated carbocycles. The second kappa shape index (κ2) is 4.35. The first-order chi connectivity index (χ1) is 8.90. The molecule has 0 unspecified atom stereocenters. The van der Waals surface area contributed by atoms with Gasteiger partial charge in [-0.05, 0) is 39.3 Å². The monoisotopic (exact) mass is 229 g/mol. The standard InChI is InChI=1S/C17H11N/c18-11-5-7-14-12-13-6-1-2-8-15(13)17-10-4-3-9-16(14)17/h1-10,12H. The predicted octanol–water partition coefficient (Wildman–Crippen LogP) is 4.53. The van der Waals surface area contributed by atoms with E-state index in [9.17, 15) is 0 Å². The third-order valence-electron chi connectivity index (χ3n) is 3.14. The van der Waals surface area contributed by atoms with Gasteiger partial charge in [0.05, 0.1) is 6.07 Å². The van der Waals surface area contributed by atoms with E-state index in [-0.39, 0.29) is 0 Å². The zero-order valence-electron chi connectivity index (χ0n) is 9.80. The Morgan fingerprint density at radius 3 is 2.28 bits per heavy atom. The Bertz CT molecular complexity index is 791. The summed E-state index contributed by atoms with van der Waals surface area (Å²) in [6.07, 6.45) is 3.39. The maximum Gasteiger partial charge on any atom is 0.0912 e. The molecule has 0 atom stereocenters. The summed E-state index contributed by atoms with van der Waals surface area (Å²) in [6.45, 7) is 0. The van der Waals surface area contributed by atoms with E-state index in [1.807, 2.05) is 30.3 Å². The predicted molar refractivity (Wildman–Crippen MR) is 76.1 cm³/mol. The van der Waals surface area contributed by atoms with Crippen LogP contribution in [0.3, 0.4) is 0 Å². The van der Waals surface area contributed by atoms with Crippen molar-refractivity contribution < 1.29 is 0 Å². The SMILES string of the molecule is N#CC=Cc1cc2ccccc2c2ccccc12. The summed E-state index contributed by atoms with van der Waals surface area (Å²) >= 11 is 0. The molecule has 84 valence electrons. The van der Waals surface area contributed by atoms with Crippen LogP contribution in [0.15, 0.2) is 60.7 Å². The summed E-state index contributed by atoms with van der Waals surface area (Å²) in [5.41, 5.74) is 1.09. The van der Waals surface area contributed by atoms with Crippen LogP contribution >= 0.6 is 0 Å². The van der Waals surface area contributed by atoms with Crippen LogP contribution in [-0.4, -0.2) is 0 Å². The van der Waals surface area contributed by atoms with Crippen LogP contribution in [0, 0.1) is 11.3 Å². The molecule has 0 heterocycles. The molecule has 1 heteroatoms. The third kappa shape index (κ3) is 1.65. The highest BCUT2D eigenvalue weighted by Crippen LogP contribution is 2.29. The second-order valence-electron chi connectivity index (χ2n) is 4.19. The molecule has 0 aromatic heterocycles. The Hall–Kier alpha value is -2.59. The average molecular weight is 229 g/mol. The average Bonchev–Trinajstić information content (AvgIpc) is 2.45. The van der Waals surface area contributed by atoms with Gasteiger partial charge in [0.25, 0.3) is 0 Å². The van der Waals surface area contributed by atoms with Crippen LogP contribution in [0.25, 0.3) is 27.6 Å². The first-order valence-electron chi connectivity index (χ1n) is 5.87. The molecule has 0 bridgehead atoms. The molecule has 0 aliphatic rings. The number of fused-ring (bicyclic) bond motifs is 3. The molecule has 0 aliphatic heterocycles. The lowest BCUT2D eigenvalue weighted by atomic mass is 9.97. The molecular formula is C17H11N. The fraction of sp³-hybridized carbons (Fsp3) is 0. The largest absolute Gasteiger partial charge is 0.193 e. The van der Waals surface area contributed by atoms with Gasteiger partial charge in [-0.15, -0.1) is 0 Å². The minimum atomic E-state index is 1.09. The highest BCUT2D eigenvalue weighted by Gasteiger charge is 2.03. The van der Waals surface area contributed by atoms with Gasteiger partial charge >= 0.3 is 0 Å². The molecule has 0 fully saturated rings. The van der Waals surface area contributed by atoms with Crippen molar-refractivity contribution in [3.05, 3.63) is 66.2 Å². The van der Waals surface area contributed by atoms with Gasteiger partial charge in [0.2, 0.25) is 0 Å². The van der Waals surface area contributed by atoms with E-state index in [0.717, 1.165) is 5.56 Å². The van der Waals surface area contributed by atoms with Crippen molar-refractivity contribution >= 4 is 27.6 Å². The van der Waals surface area contributed by atoms with Gasteiger partial charge in [0, 0.05) is 6.08 Å². The van der Waals surface area contributed by atoms with Gasteiger partial charge in [-0.1, -0.05) is 48.5 Å². The van der Waals surface area contributed by atoms with Crippen LogP contribution in [0.5, 0.6) is 0 Å². The van der Waals surface area contributed by atoms with E-state index in [4.69, 9.17) is 5.26 Å². The molecule has 18 heavy (non-hydrogen) atoms. The summed E-state index contributed by atoms with van der Waals surface area (Å²) in [5, 5.41) is 13.5. The molecule has 0 N–H and O–H groups in total. The Morgan fingerprint density at radius 1 is 0.833 bits per heavy atom. The van der Waals surface area contributed by atoms with Crippen molar-refractivity contribution in [2.45, 2.75) is 0 Å². The number of nitriles is 1. The van der Waals surface area contributed by atoms with Gasteiger partial charge in [-0.2, -0.15) is 5.26 Å². The van der Waals surface area contributed by atoms with Gasteiger partial charge in [-0.3, -0.25) is 0 Å². The van der Waals surface area contributed by atoms with E-state index in [2.05, 4.69) is 36.4 Å². The number of allylic oxidation sites excluding steroid dienone is 1. The quantitative estimate of drug-likeness (QED) is 0.444. The zero-order chi connectivity index (χ0) is 12.4. The number of hydrogen-bond donors (Lipinski definition) is 0. The minimum absolute atomic E-state index is 1.09. The fourth-order valence-electron chi connectivity index (χ4n) is 2.35. The first-order valence-corrected chi connectivity index (χ1v) is 5.87. The van der Waals surface area contributed by atoms with E-state index in [1.54, 1.807) is 0 Å². The zero-order valence-corrected chi connectivity index (χ0v) is 9.80. The Morgan fingerprint density at radius 2 is 1.50 bits per heavy atom. The van der Waals surface area contributed by atoms with Crippen molar-refractivity contribution in [1.82, 2.24) is 0 Å². The van der Waals surface area contributed by atoms with Crippen LogP contribution in [0.1, 0.15) is 5.56 Å². The lowest BCUT2D eigenvalue weighted by Crippen LogP contribution is -1.82. The summed E-state index contributed by atoms with van der Waals surface area (Å²) in [5.74, 6) is 0. The van der Waals surface area contributed by atoms with E-state index >= 15 is 0 Å². The molecule has 0 spiro atoms. The summed E-state index contributed by atoms with van der Waals surface area (Å²) in [7, 11) is 0. The topological polar surface area (TPSA) is 23.8 Å². The smallest absolute Gasteiger partial charge is 0.0912 e. The molecule has 3 rings (SSSR count). The van der Waals surface area contributed by atoms with Gasteiger partial charge in [0.15, 0.2) is 0 Å². The maximum atomic E-state index is 8.68. The Balaban J connectivity index is 2.47. The van der Waals surface area contributed by atoms with Crippen molar-refractivity contribution in [3.8, 4) is 6.07 Å². The molecule has 0 saturated heterocycles. The first kappa shape index (κ1) is 10.6. The Labute approximate surface area is 106 Å². The normalized spacial score (nSPS) is 11.1. The van der Waals surface area contributed by atoms with Gasteiger partial charge in [0.1, 0.15) is 0 Å². The second-order valence-corrected chi connectivity index (χ2v) is 4.19. The molecule has 3 aromatic rings. The third-order valence-corrected chi connectivity index (χ3v) is 3.14. The molecule has 0 aliphatic carbocycles. The lowest BCUT2D eigenvalue weighted by Gasteiger charge is -2.07. The van der Waals surface area contributed by atoms with Crippen molar-refractivity contribution in [3.63, 3.8) is 0 Å². The van der Waals surface area contributed by atoms with E-state index in [1.165, 1.54) is 27.6 Å². The number of rotatable bonds is 1. The van der Waals surface area contributed by atoms with Crippen LogP contribution < -0.4 is 0 Å². The summed E-state index contributed by atoms with van der Waals surface area (Å²) < 4.78 is 0. The molecule has 3 aromatic carbocycles. The van der Waals surface area contributed by atoms with Crippen molar-refractivity contribution in [2.75, 3.05) is 0 Å². The van der Waals surface area contributed by atoms with Gasteiger partial charge in [-0.25, -0.2) is 0 Å². The molecular weight excluding hydrogens is 218 g/mol. The minimum Gasteiger partial charge on any atom is -0.193 e. The van der Waals surface area contributed by atoms with Crippen LogP contribution in [0.4, 0.5) is 0 Å². The van der Waals surface area contributed by atoms with Crippen LogP contribution in [0.2, 0.25) is 0 Å². The number of nitrogens with zero attached hydrogens (tertiary/aromatic N) is 1. The van der Waals surface area contributed by atoms with Crippen molar-refractivity contribution in [2.24, 2.45) is 0 Å². The summed E-state index contributed by atoms with van der Waals surface area (Å²) in [6, 6.07) is 20.8. The highest BCUT2D eigenvalue weighted by molar-refractivity contribution is 6.10. The summed E-state index contributed by atoms with van der Waals surface area (Å²) in [4.78, 5) is 0. The maximum absolute atomic E-state index is 8.68. The molecule has 0 radical (unpaired) electrons. The number of benzene rings is 3. The highest BCUT2D eigenvalue weighted by atomic mass is 14.2. The van der Waals surface area contributed by atoms with E-state index < -0.39 is 0 Å². The Kier molecular flexibility index (Phi) is 2.55. The lowest BCUT2D eigenvalue weighted by molar-refractivity contribution is 1.54. The molecule has 1 nitrogen and oxygen atoms in total. The molecule has 0 amide bonds. The van der Waals surface area contributed by atoms with E-state index in [0.29, 0.717) is 0 Å².